The molecule has 0 atom stereocenters. The second kappa shape index (κ2) is 34.3. The summed E-state index contributed by atoms with van der Waals surface area (Å²) in [5, 5.41) is 42.5. The lowest BCUT2D eigenvalue weighted by Gasteiger charge is -2.10. The van der Waals surface area contributed by atoms with Crippen molar-refractivity contribution in [1.29, 1.82) is 0 Å². The Morgan fingerprint density at radius 1 is 0.374 bits per heavy atom. The molecule has 0 aliphatic heterocycles. The van der Waals surface area contributed by atoms with Crippen molar-refractivity contribution in [2.45, 2.75) is 67.7 Å². The first kappa shape index (κ1) is 72.2. The Labute approximate surface area is 588 Å². The van der Waals surface area contributed by atoms with Gasteiger partial charge in [-0.1, -0.05) is 87.0 Å². The topological polar surface area (TPSA) is 176 Å². The van der Waals surface area contributed by atoms with Crippen LogP contribution in [0.1, 0.15) is 108 Å². The Kier molecular flexibility index (Phi) is 25.0. The Balaban J connectivity index is 0.000000161. The van der Waals surface area contributed by atoms with Crippen molar-refractivity contribution >= 4 is 81.6 Å². The summed E-state index contributed by atoms with van der Waals surface area (Å²) in [5.74, 6) is 1.63. The predicted octanol–water partition coefficient (Wildman–Crippen LogP) is 19.2. The number of halogens is 2. The number of ether oxygens (including phenoxy) is 3. The van der Waals surface area contributed by atoms with E-state index in [1.807, 2.05) is 123 Å². The zero-order chi connectivity index (χ0) is 70.1. The Morgan fingerprint density at radius 2 is 0.707 bits per heavy atom. The highest BCUT2D eigenvalue weighted by molar-refractivity contribution is 7.22. The highest BCUT2D eigenvalue weighted by atomic mass is 32.1. The van der Waals surface area contributed by atoms with Crippen molar-refractivity contribution < 1.29 is 52.7 Å². The van der Waals surface area contributed by atoms with Crippen LogP contribution in [0.5, 0.6) is 34.5 Å². The molecular weight excluding hydrogens is 1310 g/mol. The number of carbonyl (C=O) groups excluding carboxylic acids is 3. The summed E-state index contributed by atoms with van der Waals surface area (Å²) < 4.78 is 47.5. The molecule has 3 heterocycles. The van der Waals surface area contributed by atoms with E-state index in [-0.39, 0.29) is 40.4 Å². The molecule has 0 saturated carbocycles. The van der Waals surface area contributed by atoms with E-state index in [2.05, 4.69) is 36.7 Å². The largest absolute Gasteiger partial charge is 0.508 e. The summed E-state index contributed by atoms with van der Waals surface area (Å²) in [6.07, 6.45) is 2.78. The Bertz CT molecular complexity index is 4590. The number of thiophene rings is 3. The maximum absolute atomic E-state index is 13.9. The SMILES string of the molecule is CCNCCCOc1ccc(-c2c(C(=O)c3cc(F)ccc3C)sc3cc(O)ccc23)cc1.CCNCCCOc1ccc(-c2c(C(=O)c3ccc(C)cc3C)sc3cc(O)ccc23)cc1.CCNCCCOc1ccc(-c2c(C(=O)c3ccc(F)cc3C)sc3cc(O)ccc23)cc1. The summed E-state index contributed by atoms with van der Waals surface area (Å²) in [5.41, 5.74) is 10.1. The number of fused-ring (bicyclic) bond motifs is 3. The van der Waals surface area contributed by atoms with Crippen LogP contribution in [0, 0.1) is 39.3 Å². The van der Waals surface area contributed by atoms with Crippen LogP contribution in [0.3, 0.4) is 0 Å². The van der Waals surface area contributed by atoms with E-state index < -0.39 is 5.82 Å². The molecule has 12 rings (SSSR count). The highest BCUT2D eigenvalue weighted by Gasteiger charge is 2.27. The summed E-state index contributed by atoms with van der Waals surface area (Å²) in [6.45, 7) is 21.3. The van der Waals surface area contributed by atoms with Crippen molar-refractivity contribution in [3.05, 3.63) is 247 Å². The normalized spacial score (nSPS) is 11.1. The summed E-state index contributed by atoms with van der Waals surface area (Å²) in [6, 6.07) is 53.2. The number of phenols is 3. The molecule has 12 nitrogen and oxygen atoms in total. The average molecular weight is 1390 g/mol. The third-order valence-corrected chi connectivity index (χ3v) is 20.1. The van der Waals surface area contributed by atoms with Crippen molar-refractivity contribution in [3.63, 3.8) is 0 Å². The monoisotopic (exact) mass is 1390 g/mol. The van der Waals surface area contributed by atoms with Gasteiger partial charge in [-0.3, -0.25) is 14.4 Å². The molecule has 6 N–H and O–H groups in total. The van der Waals surface area contributed by atoms with Crippen LogP contribution in [-0.4, -0.2) is 91.8 Å². The molecule has 99 heavy (non-hydrogen) atoms. The molecule has 17 heteroatoms. The van der Waals surface area contributed by atoms with Gasteiger partial charge >= 0.3 is 0 Å². The number of phenolic OH excluding ortho intramolecular Hbond substituents is 3. The lowest BCUT2D eigenvalue weighted by molar-refractivity contribution is 0.103. The molecule has 0 spiro atoms. The standard InChI is InChI=1S/C28H29NO3S.2C27H26FNO3S/c1-4-29-14-5-15-32-22-10-7-20(8-11-22)26-24-13-9-21(30)17-25(24)33-28(26)27(31)23-12-6-18(2)16-19(23)3;1-3-29-13-4-14-32-21-9-5-18(6-10-21)25-23-12-8-20(30)16-24(23)33-27(25)26(31)22-11-7-19(28)15-17(22)2;1-3-29-13-4-14-32-21-10-6-18(7-11-21)25-22-12-9-20(30)16-24(22)33-27(25)26(31)23-15-19(28)8-5-17(23)2/h6-13,16-17,29-30H,4-5,14-15H2,1-3H3;2*5-12,15-16,29-30H,3-4,13-14H2,1-2H3. The van der Waals surface area contributed by atoms with E-state index in [1.54, 1.807) is 56.3 Å². The molecule has 0 saturated heterocycles. The molecule has 12 aromatic rings. The van der Waals surface area contributed by atoms with Crippen molar-refractivity contribution in [2.75, 3.05) is 59.1 Å². The summed E-state index contributed by atoms with van der Waals surface area (Å²) in [4.78, 5) is 42.4. The van der Waals surface area contributed by atoms with E-state index >= 15 is 0 Å². The molecule has 9 aromatic carbocycles. The fourth-order valence-electron chi connectivity index (χ4n) is 11.6. The Morgan fingerprint density at radius 3 is 1.06 bits per heavy atom. The first-order chi connectivity index (χ1) is 47.9. The van der Waals surface area contributed by atoms with E-state index in [0.29, 0.717) is 62.3 Å². The van der Waals surface area contributed by atoms with Gasteiger partial charge in [0.25, 0.3) is 0 Å². The van der Waals surface area contributed by atoms with Gasteiger partial charge in [-0.2, -0.15) is 0 Å². The number of nitrogens with one attached hydrogen (secondary N) is 3. The lowest BCUT2D eigenvalue weighted by Crippen LogP contribution is -2.16. The van der Waals surface area contributed by atoms with Crippen LogP contribution >= 0.6 is 34.0 Å². The van der Waals surface area contributed by atoms with E-state index in [4.69, 9.17) is 14.2 Å². The number of hydrogen-bond donors (Lipinski definition) is 6. The van der Waals surface area contributed by atoms with Crippen LogP contribution in [-0.2, 0) is 0 Å². The molecule has 0 unspecified atom stereocenters. The third-order valence-electron chi connectivity index (χ3n) is 16.6. The minimum Gasteiger partial charge on any atom is -0.508 e. The first-order valence-corrected chi connectivity index (χ1v) is 35.7. The summed E-state index contributed by atoms with van der Waals surface area (Å²) >= 11 is 4.07. The van der Waals surface area contributed by atoms with Crippen LogP contribution in [0.25, 0.3) is 63.6 Å². The van der Waals surface area contributed by atoms with Gasteiger partial charge in [-0.25, -0.2) is 8.78 Å². The average Bonchev–Trinajstić information content (AvgIpc) is 1.78. The molecule has 0 aliphatic carbocycles. The van der Waals surface area contributed by atoms with Gasteiger partial charge in [-0.05, 0) is 241 Å². The maximum atomic E-state index is 13.9. The molecule has 0 fully saturated rings. The fraction of sp³-hybridized carbons (Fsp3) is 0.232. The first-order valence-electron chi connectivity index (χ1n) is 33.2. The molecule has 0 bridgehead atoms. The molecule has 0 aliphatic rings. The number of aryl methyl sites for hydroxylation is 4. The minimum atomic E-state index is -0.445. The highest BCUT2D eigenvalue weighted by Crippen LogP contribution is 2.45. The maximum Gasteiger partial charge on any atom is 0.203 e. The fourth-order valence-corrected chi connectivity index (χ4v) is 15.2. The number of aromatic hydroxyl groups is 3. The van der Waals surface area contributed by atoms with Crippen LogP contribution in [0.2, 0.25) is 0 Å². The van der Waals surface area contributed by atoms with Gasteiger partial charge in [0.2, 0.25) is 17.3 Å². The van der Waals surface area contributed by atoms with Gasteiger partial charge in [0.1, 0.15) is 46.1 Å². The predicted molar refractivity (Wildman–Crippen MR) is 401 cm³/mol. The lowest BCUT2D eigenvalue weighted by atomic mass is 9.95. The quantitative estimate of drug-likeness (QED) is 0.0213. The minimum absolute atomic E-state index is 0.00643. The van der Waals surface area contributed by atoms with E-state index in [0.717, 1.165) is 151 Å². The van der Waals surface area contributed by atoms with Crippen molar-refractivity contribution in [2.24, 2.45) is 0 Å². The second-order valence-corrected chi connectivity index (χ2v) is 27.1. The number of carbonyl (C=O) groups is 3. The number of hydrogen-bond acceptors (Lipinski definition) is 15. The smallest absolute Gasteiger partial charge is 0.203 e. The second-order valence-electron chi connectivity index (χ2n) is 23.9. The number of rotatable bonds is 27. The Hall–Kier alpha value is -9.59. The molecular formula is C82H81F2N3O9S3. The molecule has 0 amide bonds. The number of ketones is 3. The molecule has 3 aromatic heterocycles. The van der Waals surface area contributed by atoms with Gasteiger partial charge in [0.15, 0.2) is 0 Å². The van der Waals surface area contributed by atoms with Crippen molar-refractivity contribution in [3.8, 4) is 67.9 Å². The van der Waals surface area contributed by atoms with Gasteiger partial charge in [0.05, 0.1) is 34.5 Å². The van der Waals surface area contributed by atoms with Crippen LogP contribution in [0.4, 0.5) is 8.78 Å². The zero-order valence-corrected chi connectivity index (χ0v) is 59.0. The summed E-state index contributed by atoms with van der Waals surface area (Å²) in [7, 11) is 0. The zero-order valence-electron chi connectivity index (χ0n) is 56.6. The van der Waals surface area contributed by atoms with Gasteiger partial charge < -0.3 is 45.5 Å². The van der Waals surface area contributed by atoms with Crippen molar-refractivity contribution in [1.82, 2.24) is 16.0 Å². The van der Waals surface area contributed by atoms with Gasteiger partial charge in [-0.15, -0.1) is 34.0 Å². The number of benzene rings is 9. The third kappa shape index (κ3) is 18.0. The van der Waals surface area contributed by atoms with Crippen LogP contribution in [0.15, 0.2) is 182 Å². The molecule has 0 radical (unpaired) electrons. The molecule has 510 valence electrons. The van der Waals surface area contributed by atoms with Crippen LogP contribution < -0.4 is 30.2 Å². The van der Waals surface area contributed by atoms with Gasteiger partial charge in [0, 0.05) is 63.6 Å². The van der Waals surface area contributed by atoms with E-state index in [1.165, 1.54) is 64.3 Å². The van der Waals surface area contributed by atoms with E-state index in [9.17, 15) is 38.5 Å².